The Morgan fingerprint density at radius 2 is 0.614 bits per heavy atom. The van der Waals surface area contributed by atoms with E-state index in [4.69, 9.17) is 0 Å². The van der Waals surface area contributed by atoms with Crippen molar-refractivity contribution in [2.24, 2.45) is 0 Å². The van der Waals surface area contributed by atoms with Gasteiger partial charge in [-0.2, -0.15) is 0 Å². The predicted molar refractivity (Wildman–Crippen MR) is 368 cm³/mol. The van der Waals surface area contributed by atoms with E-state index in [1.807, 2.05) is 0 Å². The minimum absolute atomic E-state index is 0.673. The molecule has 88 heavy (non-hydrogen) atoms. The summed E-state index contributed by atoms with van der Waals surface area (Å²) in [4.78, 5) is 4.71. The van der Waals surface area contributed by atoms with Crippen LogP contribution in [0.4, 0.5) is 34.1 Å². The number of benzene rings is 14. The number of anilines is 6. The van der Waals surface area contributed by atoms with Gasteiger partial charge in [0.1, 0.15) is 0 Å². The quantitative estimate of drug-likeness (QED) is 0.128. The Morgan fingerprint density at radius 1 is 0.216 bits per heavy atom. The fraction of sp³-hybridized carbons (Fsp3) is 0.0118. The summed E-state index contributed by atoms with van der Waals surface area (Å²) in [6.45, 7) is 0. The van der Waals surface area contributed by atoms with Gasteiger partial charge in [-0.25, -0.2) is 0 Å². The maximum absolute atomic E-state index is 2.51. The smallest absolute Gasteiger partial charge is 0.0726 e. The molecule has 3 nitrogen and oxygen atoms in total. The average molecular weight is 1120 g/mol. The van der Waals surface area contributed by atoms with Crippen LogP contribution < -0.4 is 9.80 Å². The third-order valence-corrected chi connectivity index (χ3v) is 18.4. The lowest BCUT2D eigenvalue weighted by Crippen LogP contribution is -2.25. The van der Waals surface area contributed by atoms with Gasteiger partial charge < -0.3 is 14.4 Å². The molecule has 0 amide bonds. The van der Waals surface area contributed by atoms with Crippen molar-refractivity contribution in [2.75, 3.05) is 9.80 Å². The van der Waals surface area contributed by atoms with E-state index in [2.05, 4.69) is 360 Å². The van der Waals surface area contributed by atoms with E-state index < -0.39 is 5.41 Å². The summed E-state index contributed by atoms with van der Waals surface area (Å²) in [5.74, 6) is 0. The van der Waals surface area contributed by atoms with E-state index in [-0.39, 0.29) is 0 Å². The van der Waals surface area contributed by atoms with Gasteiger partial charge >= 0.3 is 0 Å². The molecule has 0 N–H and O–H groups in total. The molecule has 14 aromatic carbocycles. The van der Waals surface area contributed by atoms with E-state index >= 15 is 0 Å². The molecule has 0 saturated heterocycles. The maximum Gasteiger partial charge on any atom is 0.0726 e. The van der Waals surface area contributed by atoms with Crippen LogP contribution in [-0.2, 0) is 5.41 Å². The molecule has 1 spiro atoms. The van der Waals surface area contributed by atoms with E-state index in [1.165, 1.54) is 99.7 Å². The lowest BCUT2D eigenvalue weighted by molar-refractivity contribution is 0.794. The van der Waals surface area contributed by atoms with Gasteiger partial charge in [0.15, 0.2) is 0 Å². The predicted octanol–water partition coefficient (Wildman–Crippen LogP) is 22.7. The summed E-state index contributed by atoms with van der Waals surface area (Å²) in [5, 5.41) is 2.48. The summed E-state index contributed by atoms with van der Waals surface area (Å²) in [6.07, 6.45) is 0. The van der Waals surface area contributed by atoms with Gasteiger partial charge in [-0.1, -0.05) is 237 Å². The number of hydrogen-bond donors (Lipinski definition) is 0. The number of aromatic nitrogens is 1. The monoisotopic (exact) mass is 1120 g/mol. The summed E-state index contributed by atoms with van der Waals surface area (Å²) >= 11 is 0. The summed E-state index contributed by atoms with van der Waals surface area (Å²) in [7, 11) is 0. The lowest BCUT2D eigenvalue weighted by Gasteiger charge is -2.31. The molecule has 2 aliphatic carbocycles. The fourth-order valence-electron chi connectivity index (χ4n) is 14.6. The Hall–Kier alpha value is -11.5. The lowest BCUT2D eigenvalue weighted by atomic mass is 9.70. The van der Waals surface area contributed by atoms with E-state index in [9.17, 15) is 0 Å². The fourth-order valence-corrected chi connectivity index (χ4v) is 14.6. The molecule has 1 unspecified atom stereocenters. The Kier molecular flexibility index (Phi) is 12.1. The minimum Gasteiger partial charge on any atom is -0.311 e. The molecule has 0 bridgehead atoms. The highest BCUT2D eigenvalue weighted by Crippen LogP contribution is 2.66. The van der Waals surface area contributed by atoms with Gasteiger partial charge in [0, 0.05) is 50.6 Å². The number of rotatable bonds is 11. The third-order valence-electron chi connectivity index (χ3n) is 18.4. The first-order valence-corrected chi connectivity index (χ1v) is 30.4. The SMILES string of the molecule is c1ccc(-c2ccc3c(c2)-c2c(-c4cccc(N(c5ccccc5)c5ccccc5)c4)cccc2C32c3ccc(-c4ccc5c6ccccc6n(-c6ccccc6)c5c4)cc3-c3c(-c4ccc(N(c5ccccc5)c5ccccc5)cc4)cccc32)cc1. The van der Waals surface area contributed by atoms with Crippen molar-refractivity contribution >= 4 is 55.9 Å². The first kappa shape index (κ1) is 50.9. The molecule has 1 heterocycles. The Labute approximate surface area is 513 Å². The van der Waals surface area contributed by atoms with Crippen molar-refractivity contribution in [1.82, 2.24) is 4.57 Å². The molecule has 0 fully saturated rings. The Morgan fingerprint density at radius 3 is 1.18 bits per heavy atom. The van der Waals surface area contributed by atoms with Gasteiger partial charge in [-0.15, -0.1) is 0 Å². The molecule has 3 heteroatoms. The van der Waals surface area contributed by atoms with Crippen LogP contribution in [0.1, 0.15) is 22.3 Å². The van der Waals surface area contributed by atoms with Gasteiger partial charge in [0.2, 0.25) is 0 Å². The van der Waals surface area contributed by atoms with E-state index in [0.717, 1.165) is 50.9 Å². The molecule has 412 valence electrons. The van der Waals surface area contributed by atoms with Crippen molar-refractivity contribution < 1.29 is 0 Å². The first-order chi connectivity index (χ1) is 43.7. The zero-order chi connectivity index (χ0) is 58.1. The van der Waals surface area contributed by atoms with Crippen molar-refractivity contribution in [1.29, 1.82) is 0 Å². The second-order valence-corrected chi connectivity index (χ2v) is 23.1. The number of nitrogens with zero attached hydrogens (tertiary/aromatic N) is 3. The van der Waals surface area contributed by atoms with Crippen LogP contribution in [0.25, 0.3) is 94.3 Å². The van der Waals surface area contributed by atoms with Crippen LogP contribution in [0, 0.1) is 0 Å². The summed E-state index contributed by atoms with van der Waals surface area (Å²) in [6, 6.07) is 128. The second kappa shape index (κ2) is 20.9. The third kappa shape index (κ3) is 8.12. The van der Waals surface area contributed by atoms with Crippen LogP contribution in [0.15, 0.2) is 346 Å². The van der Waals surface area contributed by atoms with Gasteiger partial charge in [-0.05, 0) is 198 Å². The van der Waals surface area contributed by atoms with Crippen molar-refractivity contribution in [3.05, 3.63) is 368 Å². The molecule has 1 atom stereocenters. The standard InChI is InChI=1S/C85H57N3/c1-7-24-58(25-8-1)60-47-52-77-75(55-60)84-72(63-26-21-37-70(54-63)87(66-31-13-4-14-32-66)67-33-15-5-16-34-67)40-23-42-80(84)85(77)78-53-48-61(62-46-51-74-73-38-19-20-43-81(73)88(82(74)57-62)68-35-17-6-18-36-68)56-76(78)83-71(39-22-41-79(83)85)59-44-49-69(50-45-59)86(64-27-9-2-10-28-64)65-29-11-3-12-30-65/h1-57H. The van der Waals surface area contributed by atoms with Crippen molar-refractivity contribution in [2.45, 2.75) is 5.41 Å². The molecule has 0 saturated carbocycles. The largest absolute Gasteiger partial charge is 0.311 e. The van der Waals surface area contributed by atoms with Crippen LogP contribution in [0.3, 0.4) is 0 Å². The van der Waals surface area contributed by atoms with Crippen molar-refractivity contribution in [3.8, 4) is 72.4 Å². The Bertz CT molecular complexity index is 5040. The van der Waals surface area contributed by atoms with Gasteiger partial charge in [0.25, 0.3) is 0 Å². The molecule has 17 rings (SSSR count). The molecule has 2 aliphatic rings. The number of fused-ring (bicyclic) bond motifs is 13. The second-order valence-electron chi connectivity index (χ2n) is 23.1. The molecular weight excluding hydrogens is 1060 g/mol. The van der Waals surface area contributed by atoms with Gasteiger partial charge in [0.05, 0.1) is 16.4 Å². The van der Waals surface area contributed by atoms with Crippen LogP contribution in [0.2, 0.25) is 0 Å². The van der Waals surface area contributed by atoms with E-state index in [1.54, 1.807) is 0 Å². The number of para-hydroxylation sites is 6. The number of hydrogen-bond acceptors (Lipinski definition) is 2. The highest BCUT2D eigenvalue weighted by atomic mass is 15.1. The summed E-state index contributed by atoms with van der Waals surface area (Å²) < 4.78 is 2.43. The van der Waals surface area contributed by atoms with Gasteiger partial charge in [-0.3, -0.25) is 0 Å². The molecule has 0 aliphatic heterocycles. The molecule has 0 radical (unpaired) electrons. The highest BCUT2D eigenvalue weighted by molar-refractivity contribution is 6.11. The normalized spacial score (nSPS) is 13.5. The summed E-state index contributed by atoms with van der Waals surface area (Å²) in [5.41, 5.74) is 29.1. The minimum atomic E-state index is -0.673. The van der Waals surface area contributed by atoms with Crippen LogP contribution >= 0.6 is 0 Å². The first-order valence-electron chi connectivity index (χ1n) is 30.4. The molecule has 15 aromatic rings. The van der Waals surface area contributed by atoms with E-state index in [0.29, 0.717) is 0 Å². The van der Waals surface area contributed by atoms with Crippen LogP contribution in [0.5, 0.6) is 0 Å². The highest BCUT2D eigenvalue weighted by Gasteiger charge is 2.53. The zero-order valence-corrected chi connectivity index (χ0v) is 48.3. The average Bonchev–Trinajstić information content (AvgIpc) is 1.55. The van der Waals surface area contributed by atoms with Crippen LogP contribution in [-0.4, -0.2) is 4.57 Å². The Balaban J connectivity index is 0.905. The van der Waals surface area contributed by atoms with Crippen molar-refractivity contribution in [3.63, 3.8) is 0 Å². The molecule has 1 aromatic heterocycles. The molecular formula is C85H57N3. The maximum atomic E-state index is 2.51. The topological polar surface area (TPSA) is 11.4 Å². The zero-order valence-electron chi connectivity index (χ0n) is 48.3.